The van der Waals surface area contributed by atoms with Crippen molar-refractivity contribution in [2.45, 2.75) is 0 Å². The average Bonchev–Trinajstić information content (AvgIpc) is 2.83. The third-order valence-corrected chi connectivity index (χ3v) is 3.92. The summed E-state index contributed by atoms with van der Waals surface area (Å²) in [4.78, 5) is 16.2. The van der Waals surface area contributed by atoms with Crippen LogP contribution in [-0.4, -0.2) is 10.9 Å². The van der Waals surface area contributed by atoms with Crippen LogP contribution in [0.15, 0.2) is 36.4 Å². The van der Waals surface area contributed by atoms with Crippen molar-refractivity contribution in [1.82, 2.24) is 4.98 Å². The fourth-order valence-electron chi connectivity index (χ4n) is 1.76. The van der Waals surface area contributed by atoms with Gasteiger partial charge in [0, 0.05) is 10.6 Å². The summed E-state index contributed by atoms with van der Waals surface area (Å²) in [5.41, 5.74) is 0.719. The lowest BCUT2D eigenvalue weighted by molar-refractivity contribution is 0.102. The highest BCUT2D eigenvalue weighted by atomic mass is 35.5. The number of aromatic nitrogens is 1. The van der Waals surface area contributed by atoms with E-state index in [0.29, 0.717) is 15.7 Å². The number of halogens is 3. The molecule has 1 aromatic heterocycles. The number of benzene rings is 2. The van der Waals surface area contributed by atoms with Crippen LogP contribution in [0, 0.1) is 11.6 Å². The molecule has 0 aliphatic carbocycles. The predicted octanol–water partition coefficient (Wildman–Crippen LogP) is 4.48. The standard InChI is InChI=1S/C14H7ClF2N2OS/c15-8-2-4-11-12(6-8)21-14(18-11)19-13(20)7-1-3-9(16)10(17)5-7/h1-6H,(H,18,19,20). The molecule has 106 valence electrons. The van der Waals surface area contributed by atoms with Crippen molar-refractivity contribution >= 4 is 44.2 Å². The summed E-state index contributed by atoms with van der Waals surface area (Å²) >= 11 is 7.12. The minimum atomic E-state index is -1.07. The van der Waals surface area contributed by atoms with Crippen molar-refractivity contribution < 1.29 is 13.6 Å². The van der Waals surface area contributed by atoms with E-state index in [1.54, 1.807) is 18.2 Å². The van der Waals surface area contributed by atoms with Crippen LogP contribution < -0.4 is 5.32 Å². The van der Waals surface area contributed by atoms with Gasteiger partial charge in [0.25, 0.3) is 5.91 Å². The molecule has 0 aliphatic heterocycles. The topological polar surface area (TPSA) is 42.0 Å². The number of thiazole rings is 1. The number of hydrogen-bond donors (Lipinski definition) is 1. The largest absolute Gasteiger partial charge is 0.298 e. The molecule has 0 radical (unpaired) electrons. The summed E-state index contributed by atoms with van der Waals surface area (Å²) < 4.78 is 26.8. The maximum absolute atomic E-state index is 13.1. The van der Waals surface area contributed by atoms with E-state index in [2.05, 4.69) is 10.3 Å². The van der Waals surface area contributed by atoms with Crippen LogP contribution in [0.4, 0.5) is 13.9 Å². The Kier molecular flexibility index (Phi) is 3.57. The molecule has 0 atom stereocenters. The van der Waals surface area contributed by atoms with Gasteiger partial charge in [0.1, 0.15) is 0 Å². The van der Waals surface area contributed by atoms with Gasteiger partial charge in [-0.25, -0.2) is 13.8 Å². The maximum Gasteiger partial charge on any atom is 0.257 e. The highest BCUT2D eigenvalue weighted by Crippen LogP contribution is 2.28. The van der Waals surface area contributed by atoms with Gasteiger partial charge >= 0.3 is 0 Å². The monoisotopic (exact) mass is 324 g/mol. The van der Waals surface area contributed by atoms with Crippen LogP contribution in [-0.2, 0) is 0 Å². The van der Waals surface area contributed by atoms with E-state index in [1.165, 1.54) is 17.4 Å². The van der Waals surface area contributed by atoms with Crippen molar-refractivity contribution in [2.75, 3.05) is 5.32 Å². The van der Waals surface area contributed by atoms with Gasteiger partial charge in [-0.1, -0.05) is 22.9 Å². The molecule has 1 N–H and O–H groups in total. The fraction of sp³-hybridized carbons (Fsp3) is 0. The zero-order valence-corrected chi connectivity index (χ0v) is 11.9. The molecule has 3 nitrogen and oxygen atoms in total. The first kappa shape index (κ1) is 13.9. The number of nitrogens with one attached hydrogen (secondary N) is 1. The van der Waals surface area contributed by atoms with Crippen LogP contribution in [0.3, 0.4) is 0 Å². The second-order valence-electron chi connectivity index (χ2n) is 4.21. The summed E-state index contributed by atoms with van der Waals surface area (Å²) in [6.45, 7) is 0. The molecule has 21 heavy (non-hydrogen) atoms. The number of rotatable bonds is 2. The summed E-state index contributed by atoms with van der Waals surface area (Å²) in [6.07, 6.45) is 0. The Labute approximate surface area is 127 Å². The molecule has 3 aromatic rings. The summed E-state index contributed by atoms with van der Waals surface area (Å²) in [7, 11) is 0. The summed E-state index contributed by atoms with van der Waals surface area (Å²) in [5.74, 6) is -2.63. The molecule has 0 aliphatic rings. The van der Waals surface area contributed by atoms with Crippen molar-refractivity contribution in [3.05, 3.63) is 58.6 Å². The van der Waals surface area contributed by atoms with Crippen LogP contribution in [0.2, 0.25) is 5.02 Å². The smallest absolute Gasteiger partial charge is 0.257 e. The lowest BCUT2D eigenvalue weighted by atomic mass is 10.2. The van der Waals surface area contributed by atoms with E-state index < -0.39 is 17.5 Å². The molecule has 0 unspecified atom stereocenters. The lowest BCUT2D eigenvalue weighted by Gasteiger charge is -2.01. The zero-order chi connectivity index (χ0) is 15.0. The molecule has 3 rings (SSSR count). The third-order valence-electron chi connectivity index (χ3n) is 2.75. The number of carbonyl (C=O) groups excluding carboxylic acids is 1. The number of amides is 1. The number of nitrogens with zero attached hydrogens (tertiary/aromatic N) is 1. The van der Waals surface area contributed by atoms with Gasteiger partial charge in [0.15, 0.2) is 16.8 Å². The Hall–Kier alpha value is -2.05. The molecular formula is C14H7ClF2N2OS. The van der Waals surface area contributed by atoms with E-state index in [4.69, 9.17) is 11.6 Å². The van der Waals surface area contributed by atoms with Gasteiger partial charge in [-0.05, 0) is 36.4 Å². The molecule has 1 amide bonds. The van der Waals surface area contributed by atoms with Crippen LogP contribution in [0.5, 0.6) is 0 Å². The van der Waals surface area contributed by atoms with Gasteiger partial charge in [0.05, 0.1) is 10.2 Å². The van der Waals surface area contributed by atoms with Gasteiger partial charge in [-0.2, -0.15) is 0 Å². The van der Waals surface area contributed by atoms with Crippen LogP contribution >= 0.6 is 22.9 Å². The molecular weight excluding hydrogens is 318 g/mol. The van der Waals surface area contributed by atoms with Gasteiger partial charge in [0.2, 0.25) is 0 Å². The van der Waals surface area contributed by atoms with Crippen molar-refractivity contribution in [3.8, 4) is 0 Å². The first-order valence-electron chi connectivity index (χ1n) is 5.85. The minimum absolute atomic E-state index is 0.0196. The molecule has 0 fully saturated rings. The Morgan fingerprint density at radius 2 is 1.95 bits per heavy atom. The zero-order valence-electron chi connectivity index (χ0n) is 10.4. The summed E-state index contributed by atoms with van der Waals surface area (Å²) in [5, 5.41) is 3.49. The first-order chi connectivity index (χ1) is 10.0. The molecule has 2 aromatic carbocycles. The van der Waals surface area contributed by atoms with E-state index in [9.17, 15) is 13.6 Å². The average molecular weight is 325 g/mol. The van der Waals surface area contributed by atoms with Crippen molar-refractivity contribution in [2.24, 2.45) is 0 Å². The molecule has 0 saturated carbocycles. The third kappa shape index (κ3) is 2.86. The Bertz CT molecular complexity index is 850. The van der Waals surface area contributed by atoms with E-state index in [1.807, 2.05) is 0 Å². The van der Waals surface area contributed by atoms with Gasteiger partial charge < -0.3 is 0 Å². The van der Waals surface area contributed by atoms with Gasteiger partial charge in [-0.15, -0.1) is 0 Å². The number of anilines is 1. The van der Waals surface area contributed by atoms with E-state index in [0.717, 1.165) is 16.8 Å². The van der Waals surface area contributed by atoms with E-state index >= 15 is 0 Å². The first-order valence-corrected chi connectivity index (χ1v) is 7.05. The maximum atomic E-state index is 13.1. The SMILES string of the molecule is O=C(Nc1nc2ccc(Cl)cc2s1)c1ccc(F)c(F)c1. The van der Waals surface area contributed by atoms with Crippen molar-refractivity contribution in [1.29, 1.82) is 0 Å². The minimum Gasteiger partial charge on any atom is -0.298 e. The number of hydrogen-bond acceptors (Lipinski definition) is 3. The Balaban J connectivity index is 1.87. The molecule has 0 bridgehead atoms. The van der Waals surface area contributed by atoms with Crippen molar-refractivity contribution in [3.63, 3.8) is 0 Å². The molecule has 0 spiro atoms. The predicted molar refractivity (Wildman–Crippen MR) is 78.9 cm³/mol. The summed E-state index contributed by atoms with van der Waals surface area (Å²) in [6, 6.07) is 8.13. The molecule has 7 heteroatoms. The quantitative estimate of drug-likeness (QED) is 0.755. The van der Waals surface area contributed by atoms with E-state index in [-0.39, 0.29) is 5.56 Å². The van der Waals surface area contributed by atoms with Crippen LogP contribution in [0.1, 0.15) is 10.4 Å². The highest BCUT2D eigenvalue weighted by molar-refractivity contribution is 7.22. The second-order valence-corrected chi connectivity index (χ2v) is 5.68. The lowest BCUT2D eigenvalue weighted by Crippen LogP contribution is -2.12. The number of carbonyl (C=O) groups is 1. The normalized spacial score (nSPS) is 10.8. The highest BCUT2D eigenvalue weighted by Gasteiger charge is 2.12. The van der Waals surface area contributed by atoms with Crippen LogP contribution in [0.25, 0.3) is 10.2 Å². The molecule has 1 heterocycles. The second kappa shape index (κ2) is 5.38. The fourth-order valence-corrected chi connectivity index (χ4v) is 2.90. The Morgan fingerprint density at radius 3 is 2.71 bits per heavy atom. The Morgan fingerprint density at radius 1 is 1.14 bits per heavy atom. The van der Waals surface area contributed by atoms with Gasteiger partial charge in [-0.3, -0.25) is 10.1 Å². The molecule has 0 saturated heterocycles. The number of fused-ring (bicyclic) bond motifs is 1.